The average molecular weight is 376 g/mol. The first-order chi connectivity index (χ1) is 12.4. The standard InChI is InChI=1S/C18H20N2O5S/c1-3-26(22,23)20(2)15-7-5-14(6-8-15)18(21)19-11-13-4-9-16-17(10-13)25-12-24-16/h4-10H,3,11-12H2,1-2H3,(H,19,21). The van der Waals surface area contributed by atoms with Gasteiger partial charge in [-0.15, -0.1) is 0 Å². The van der Waals surface area contributed by atoms with Crippen LogP contribution in [0, 0.1) is 0 Å². The van der Waals surface area contributed by atoms with Gasteiger partial charge >= 0.3 is 0 Å². The van der Waals surface area contributed by atoms with Gasteiger partial charge in [-0.2, -0.15) is 0 Å². The Hall–Kier alpha value is -2.74. The molecule has 26 heavy (non-hydrogen) atoms. The second-order valence-corrected chi connectivity index (χ2v) is 8.07. The predicted octanol–water partition coefficient (Wildman–Crippen LogP) is 2.13. The number of nitrogens with zero attached hydrogens (tertiary/aromatic N) is 1. The quantitative estimate of drug-likeness (QED) is 0.835. The van der Waals surface area contributed by atoms with E-state index in [1.165, 1.54) is 11.4 Å². The summed E-state index contributed by atoms with van der Waals surface area (Å²) in [5.41, 5.74) is 1.86. The molecule has 0 fully saturated rings. The van der Waals surface area contributed by atoms with E-state index in [1.54, 1.807) is 31.2 Å². The van der Waals surface area contributed by atoms with Gasteiger partial charge in [-0.1, -0.05) is 6.07 Å². The van der Waals surface area contributed by atoms with Gasteiger partial charge in [0.15, 0.2) is 11.5 Å². The van der Waals surface area contributed by atoms with Gasteiger partial charge in [0, 0.05) is 19.2 Å². The molecule has 0 aromatic heterocycles. The van der Waals surface area contributed by atoms with E-state index in [0.717, 1.165) is 5.56 Å². The Morgan fingerprint density at radius 3 is 2.50 bits per heavy atom. The monoisotopic (exact) mass is 376 g/mol. The Bertz CT molecular complexity index is 910. The molecule has 138 valence electrons. The Labute approximate surface area is 152 Å². The molecule has 1 heterocycles. The van der Waals surface area contributed by atoms with E-state index in [9.17, 15) is 13.2 Å². The summed E-state index contributed by atoms with van der Waals surface area (Å²) < 4.78 is 35.6. The fourth-order valence-corrected chi connectivity index (χ4v) is 3.34. The highest BCUT2D eigenvalue weighted by molar-refractivity contribution is 7.92. The van der Waals surface area contributed by atoms with Crippen molar-refractivity contribution >= 4 is 21.6 Å². The Morgan fingerprint density at radius 1 is 1.12 bits per heavy atom. The SMILES string of the molecule is CCS(=O)(=O)N(C)c1ccc(C(=O)NCc2ccc3c(c2)OCO3)cc1. The third-order valence-corrected chi connectivity index (χ3v) is 5.94. The topological polar surface area (TPSA) is 84.9 Å². The van der Waals surface area contributed by atoms with Crippen molar-refractivity contribution in [3.05, 3.63) is 53.6 Å². The summed E-state index contributed by atoms with van der Waals surface area (Å²) in [6, 6.07) is 11.9. The van der Waals surface area contributed by atoms with Crippen molar-refractivity contribution < 1.29 is 22.7 Å². The molecule has 3 rings (SSSR count). The summed E-state index contributed by atoms with van der Waals surface area (Å²) in [5, 5.41) is 2.83. The number of ether oxygens (including phenoxy) is 2. The maximum Gasteiger partial charge on any atom is 0.251 e. The molecular formula is C18H20N2O5S. The Morgan fingerprint density at radius 2 is 1.81 bits per heavy atom. The third kappa shape index (κ3) is 3.75. The van der Waals surface area contributed by atoms with Crippen LogP contribution in [-0.2, 0) is 16.6 Å². The number of fused-ring (bicyclic) bond motifs is 1. The molecule has 0 atom stereocenters. The van der Waals surface area contributed by atoms with Crippen molar-refractivity contribution in [3.8, 4) is 11.5 Å². The predicted molar refractivity (Wildman–Crippen MR) is 98.0 cm³/mol. The molecule has 0 bridgehead atoms. The zero-order chi connectivity index (χ0) is 18.7. The summed E-state index contributed by atoms with van der Waals surface area (Å²) in [4.78, 5) is 12.3. The lowest BCUT2D eigenvalue weighted by atomic mass is 10.1. The van der Waals surface area contributed by atoms with Gasteiger partial charge in [-0.05, 0) is 48.9 Å². The second-order valence-electron chi connectivity index (χ2n) is 5.79. The summed E-state index contributed by atoms with van der Waals surface area (Å²) in [5.74, 6) is 1.14. The number of benzene rings is 2. The van der Waals surface area contributed by atoms with Crippen LogP contribution in [0.1, 0.15) is 22.8 Å². The molecule has 8 heteroatoms. The molecule has 1 N–H and O–H groups in total. The lowest BCUT2D eigenvalue weighted by Crippen LogP contribution is -2.28. The largest absolute Gasteiger partial charge is 0.454 e. The second kappa shape index (κ2) is 7.25. The minimum absolute atomic E-state index is 0.0151. The summed E-state index contributed by atoms with van der Waals surface area (Å²) in [7, 11) is -1.83. The molecule has 0 aliphatic carbocycles. The van der Waals surface area contributed by atoms with Crippen LogP contribution in [0.15, 0.2) is 42.5 Å². The normalized spacial score (nSPS) is 12.7. The summed E-state index contributed by atoms with van der Waals surface area (Å²) in [6.07, 6.45) is 0. The molecule has 2 aromatic rings. The molecule has 0 radical (unpaired) electrons. The van der Waals surface area contributed by atoms with Crippen LogP contribution in [0.25, 0.3) is 0 Å². The zero-order valence-corrected chi connectivity index (χ0v) is 15.4. The smallest absolute Gasteiger partial charge is 0.251 e. The van der Waals surface area contributed by atoms with E-state index in [-0.39, 0.29) is 18.5 Å². The van der Waals surface area contributed by atoms with Gasteiger partial charge in [0.25, 0.3) is 5.91 Å². The molecule has 1 aliphatic heterocycles. The van der Waals surface area contributed by atoms with E-state index >= 15 is 0 Å². The number of amides is 1. The molecule has 1 aliphatic rings. The maximum absolute atomic E-state index is 12.3. The van der Waals surface area contributed by atoms with Crippen molar-refractivity contribution in [2.45, 2.75) is 13.5 Å². The van der Waals surface area contributed by atoms with Crippen LogP contribution in [-0.4, -0.2) is 33.9 Å². The molecule has 2 aromatic carbocycles. The lowest BCUT2D eigenvalue weighted by Gasteiger charge is -2.18. The number of nitrogens with one attached hydrogen (secondary N) is 1. The molecule has 0 spiro atoms. The maximum atomic E-state index is 12.3. The van der Waals surface area contributed by atoms with Crippen LogP contribution >= 0.6 is 0 Å². The summed E-state index contributed by atoms with van der Waals surface area (Å²) >= 11 is 0. The molecule has 0 unspecified atom stereocenters. The number of anilines is 1. The highest BCUT2D eigenvalue weighted by Crippen LogP contribution is 2.32. The van der Waals surface area contributed by atoms with E-state index in [4.69, 9.17) is 9.47 Å². The van der Waals surface area contributed by atoms with Gasteiger partial charge in [-0.3, -0.25) is 9.10 Å². The van der Waals surface area contributed by atoms with Crippen LogP contribution < -0.4 is 19.1 Å². The molecule has 7 nitrogen and oxygen atoms in total. The van der Waals surface area contributed by atoms with Crippen molar-refractivity contribution in [3.63, 3.8) is 0 Å². The Balaban J connectivity index is 1.63. The first-order valence-corrected chi connectivity index (χ1v) is 9.75. The number of hydrogen-bond donors (Lipinski definition) is 1. The number of carbonyl (C=O) groups excluding carboxylic acids is 1. The van der Waals surface area contributed by atoms with Gasteiger partial charge < -0.3 is 14.8 Å². The van der Waals surface area contributed by atoms with Crippen LogP contribution in [0.5, 0.6) is 11.5 Å². The van der Waals surface area contributed by atoms with Crippen LogP contribution in [0.2, 0.25) is 0 Å². The average Bonchev–Trinajstić information content (AvgIpc) is 3.13. The van der Waals surface area contributed by atoms with E-state index in [2.05, 4.69) is 5.32 Å². The molecule has 0 saturated carbocycles. The van der Waals surface area contributed by atoms with Crippen LogP contribution in [0.3, 0.4) is 0 Å². The zero-order valence-electron chi connectivity index (χ0n) is 14.6. The molecular weight excluding hydrogens is 356 g/mol. The highest BCUT2D eigenvalue weighted by Gasteiger charge is 2.16. The number of hydrogen-bond acceptors (Lipinski definition) is 5. The Kier molecular flexibility index (Phi) is 5.03. The van der Waals surface area contributed by atoms with E-state index in [0.29, 0.717) is 29.3 Å². The first-order valence-electron chi connectivity index (χ1n) is 8.14. The van der Waals surface area contributed by atoms with Crippen molar-refractivity contribution in [2.24, 2.45) is 0 Å². The van der Waals surface area contributed by atoms with E-state index < -0.39 is 10.0 Å². The van der Waals surface area contributed by atoms with Crippen LogP contribution in [0.4, 0.5) is 5.69 Å². The third-order valence-electron chi connectivity index (χ3n) is 4.17. The summed E-state index contributed by atoms with van der Waals surface area (Å²) in [6.45, 7) is 2.14. The minimum Gasteiger partial charge on any atom is -0.454 e. The number of rotatable bonds is 6. The fourth-order valence-electron chi connectivity index (χ4n) is 2.51. The molecule has 0 saturated heterocycles. The number of carbonyl (C=O) groups is 1. The molecule has 1 amide bonds. The van der Waals surface area contributed by atoms with Crippen molar-refractivity contribution in [1.29, 1.82) is 0 Å². The van der Waals surface area contributed by atoms with Crippen molar-refractivity contribution in [2.75, 3.05) is 23.9 Å². The minimum atomic E-state index is -3.32. The van der Waals surface area contributed by atoms with Gasteiger partial charge in [0.1, 0.15) is 0 Å². The van der Waals surface area contributed by atoms with Gasteiger partial charge in [0.2, 0.25) is 16.8 Å². The lowest BCUT2D eigenvalue weighted by molar-refractivity contribution is 0.0951. The highest BCUT2D eigenvalue weighted by atomic mass is 32.2. The van der Waals surface area contributed by atoms with E-state index in [1.807, 2.05) is 18.2 Å². The van der Waals surface area contributed by atoms with Crippen molar-refractivity contribution in [1.82, 2.24) is 5.32 Å². The van der Waals surface area contributed by atoms with Gasteiger partial charge in [0.05, 0.1) is 11.4 Å². The number of sulfonamides is 1. The first kappa shape index (κ1) is 18.1. The fraction of sp³-hybridized carbons (Fsp3) is 0.278. The van der Waals surface area contributed by atoms with Gasteiger partial charge in [-0.25, -0.2) is 8.42 Å².